The van der Waals surface area contributed by atoms with Gasteiger partial charge in [0, 0.05) is 30.3 Å². The second-order valence-electron chi connectivity index (χ2n) is 10.1. The van der Waals surface area contributed by atoms with Crippen molar-refractivity contribution >= 4 is 51.3 Å². The van der Waals surface area contributed by atoms with Crippen LogP contribution in [0.15, 0.2) is 69.9 Å². The van der Waals surface area contributed by atoms with Crippen molar-refractivity contribution in [1.29, 1.82) is 0 Å². The molecule has 2 N–H and O–H groups in total. The number of aliphatic hydroxyl groups is 1. The van der Waals surface area contributed by atoms with Crippen molar-refractivity contribution in [2.75, 3.05) is 19.8 Å². The van der Waals surface area contributed by atoms with Crippen LogP contribution >= 0.6 is 11.8 Å². The fraction of sp³-hybridized carbons (Fsp3) is 0.344. The maximum Gasteiger partial charge on any atom is 0.344 e. The molecule has 1 amide bonds. The van der Waals surface area contributed by atoms with Crippen molar-refractivity contribution in [3.05, 3.63) is 81.6 Å². The number of nitrogens with one attached hydrogen (secondary N) is 1. The number of rotatable bonds is 9. The summed E-state index contributed by atoms with van der Waals surface area (Å²) < 4.78 is 12.9. The zero-order chi connectivity index (χ0) is 28.9. The molecular weight excluding hydrogens is 538 g/mol. The highest BCUT2D eigenvalue weighted by Gasteiger charge is 2.33. The molecule has 2 aliphatic rings. The molecule has 8 nitrogen and oxygen atoms in total. The van der Waals surface area contributed by atoms with Crippen LogP contribution in [0.1, 0.15) is 43.4 Å². The normalized spacial score (nSPS) is 19.0. The number of benzene rings is 2. The molecular formula is C32H35N3O5S. The summed E-state index contributed by atoms with van der Waals surface area (Å²) in [4.78, 5) is 30.9. The quantitative estimate of drug-likeness (QED) is 0.305. The summed E-state index contributed by atoms with van der Waals surface area (Å²) in [5.41, 5.74) is 4.74. The third-order valence-corrected chi connectivity index (χ3v) is 8.20. The zero-order valence-corrected chi connectivity index (χ0v) is 24.4. The molecule has 41 heavy (non-hydrogen) atoms. The van der Waals surface area contributed by atoms with Crippen LogP contribution in [0.5, 0.6) is 0 Å². The Labute approximate surface area is 244 Å². The van der Waals surface area contributed by atoms with E-state index in [1.54, 1.807) is 6.92 Å². The number of carbonyl (C=O) groups excluding carboxylic acids is 2. The molecule has 2 aliphatic heterocycles. The third kappa shape index (κ3) is 6.41. The first-order valence-corrected chi connectivity index (χ1v) is 14.8. The lowest BCUT2D eigenvalue weighted by molar-refractivity contribution is -0.138. The van der Waals surface area contributed by atoms with E-state index in [2.05, 4.69) is 23.3 Å². The van der Waals surface area contributed by atoms with Gasteiger partial charge in [0.05, 0.1) is 28.8 Å². The molecule has 0 radical (unpaired) electrons. The van der Waals surface area contributed by atoms with E-state index in [0.29, 0.717) is 22.2 Å². The number of hydrogen-bond acceptors (Lipinski definition) is 7. The molecule has 5 rings (SSSR count). The van der Waals surface area contributed by atoms with Gasteiger partial charge in [-0.2, -0.15) is 0 Å². The smallest absolute Gasteiger partial charge is 0.344 e. The lowest BCUT2D eigenvalue weighted by Crippen LogP contribution is -2.34. The molecule has 0 unspecified atom stereocenters. The number of amides is 1. The molecule has 1 fully saturated rings. The van der Waals surface area contributed by atoms with Gasteiger partial charge in [-0.1, -0.05) is 54.6 Å². The molecule has 214 valence electrons. The standard InChI is InChI=1S/C32H35N3O5S/c1-4-21-8-6-10-25-22(18-35(29(21)25)19-27(36)33-17-24-9-7-15-40-24)16-26-30(37)28(32(38)39-5-2)31(41-26)34-23-13-11-20(3)12-14-23/h6,8,10-14,16,18,24,37H,4-5,7,9,15,17,19H2,1-3H3,(H,33,36)/b26-16-,34-31?/t24-/m1/s1. The summed E-state index contributed by atoms with van der Waals surface area (Å²) in [5, 5.41) is 15.6. The second kappa shape index (κ2) is 12.8. The van der Waals surface area contributed by atoms with E-state index in [0.717, 1.165) is 53.5 Å². The van der Waals surface area contributed by atoms with Crippen LogP contribution in [0.3, 0.4) is 0 Å². The number of esters is 1. The predicted octanol–water partition coefficient (Wildman–Crippen LogP) is 6.00. The van der Waals surface area contributed by atoms with Crippen LogP contribution in [0.4, 0.5) is 5.69 Å². The molecule has 0 bridgehead atoms. The van der Waals surface area contributed by atoms with E-state index in [-0.39, 0.29) is 36.5 Å². The Morgan fingerprint density at radius 2 is 2.02 bits per heavy atom. The van der Waals surface area contributed by atoms with E-state index >= 15 is 0 Å². The third-order valence-electron chi connectivity index (χ3n) is 7.18. The molecule has 0 aliphatic carbocycles. The van der Waals surface area contributed by atoms with E-state index in [4.69, 9.17) is 9.47 Å². The Morgan fingerprint density at radius 1 is 1.22 bits per heavy atom. The van der Waals surface area contributed by atoms with Gasteiger partial charge in [-0.15, -0.1) is 0 Å². The first-order valence-electron chi connectivity index (χ1n) is 14.0. The Morgan fingerprint density at radius 3 is 2.73 bits per heavy atom. The number of hydrogen-bond donors (Lipinski definition) is 2. The first kappa shape index (κ1) is 28.7. The lowest BCUT2D eigenvalue weighted by atomic mass is 10.1. The maximum atomic E-state index is 12.9. The molecule has 2 aromatic carbocycles. The Balaban J connectivity index is 1.50. The lowest BCUT2D eigenvalue weighted by Gasteiger charge is -2.12. The van der Waals surface area contributed by atoms with Crippen molar-refractivity contribution in [3.63, 3.8) is 0 Å². The number of aromatic nitrogens is 1. The van der Waals surface area contributed by atoms with Gasteiger partial charge in [-0.3, -0.25) is 4.79 Å². The van der Waals surface area contributed by atoms with Gasteiger partial charge in [-0.25, -0.2) is 9.79 Å². The van der Waals surface area contributed by atoms with Gasteiger partial charge in [0.1, 0.15) is 22.9 Å². The highest BCUT2D eigenvalue weighted by molar-refractivity contribution is 8.18. The molecule has 0 saturated carbocycles. The van der Waals surface area contributed by atoms with Crippen molar-refractivity contribution in [2.45, 2.75) is 52.7 Å². The van der Waals surface area contributed by atoms with Crippen LogP contribution in [0.2, 0.25) is 0 Å². The number of nitrogens with zero attached hydrogens (tertiary/aromatic N) is 2. The summed E-state index contributed by atoms with van der Waals surface area (Å²) in [6.45, 7) is 7.39. The van der Waals surface area contributed by atoms with Gasteiger partial charge in [0.2, 0.25) is 5.91 Å². The van der Waals surface area contributed by atoms with Crippen molar-refractivity contribution in [3.8, 4) is 0 Å². The Kier molecular flexibility index (Phi) is 8.95. The van der Waals surface area contributed by atoms with Crippen LogP contribution in [-0.4, -0.2) is 52.5 Å². The topological polar surface area (TPSA) is 102 Å². The van der Waals surface area contributed by atoms with E-state index in [1.165, 1.54) is 11.8 Å². The van der Waals surface area contributed by atoms with Gasteiger partial charge in [0.25, 0.3) is 0 Å². The predicted molar refractivity (Wildman–Crippen MR) is 163 cm³/mol. The number of aliphatic imine (C=N–C) groups is 1. The molecule has 1 atom stereocenters. The molecule has 3 aromatic rings. The summed E-state index contributed by atoms with van der Waals surface area (Å²) in [5.74, 6) is -0.871. The van der Waals surface area contributed by atoms with Crippen LogP contribution in [0, 0.1) is 6.92 Å². The van der Waals surface area contributed by atoms with Gasteiger partial charge >= 0.3 is 5.97 Å². The van der Waals surface area contributed by atoms with Crippen LogP contribution in [0.25, 0.3) is 17.0 Å². The minimum absolute atomic E-state index is 0.0511. The van der Waals surface area contributed by atoms with Crippen LogP contribution in [-0.2, 0) is 32.0 Å². The number of carbonyl (C=O) groups is 2. The minimum atomic E-state index is -0.620. The van der Waals surface area contributed by atoms with Gasteiger partial charge in [0.15, 0.2) is 0 Å². The summed E-state index contributed by atoms with van der Waals surface area (Å²) in [6, 6.07) is 13.7. The van der Waals surface area contributed by atoms with Crippen molar-refractivity contribution < 1.29 is 24.2 Å². The van der Waals surface area contributed by atoms with Crippen LogP contribution < -0.4 is 5.32 Å². The highest BCUT2D eigenvalue weighted by atomic mass is 32.2. The van der Waals surface area contributed by atoms with E-state index in [9.17, 15) is 14.7 Å². The molecule has 1 saturated heterocycles. The number of para-hydroxylation sites is 1. The Hall–Kier alpha value is -3.82. The highest BCUT2D eigenvalue weighted by Crippen LogP contribution is 2.41. The monoisotopic (exact) mass is 573 g/mol. The molecule has 9 heteroatoms. The first-order chi connectivity index (χ1) is 19.9. The number of aryl methyl sites for hydroxylation is 2. The number of fused-ring (bicyclic) bond motifs is 1. The second-order valence-corrected chi connectivity index (χ2v) is 11.2. The SMILES string of the molecule is CCOC(=O)C1=C(O)/C(=C/c2cn(CC(=O)NC[C@H]3CCCO3)c3c(CC)cccc23)SC1=Nc1ccc(C)cc1. The fourth-order valence-corrected chi connectivity index (χ4v) is 6.13. The summed E-state index contributed by atoms with van der Waals surface area (Å²) >= 11 is 1.22. The van der Waals surface area contributed by atoms with Gasteiger partial charge in [-0.05, 0) is 56.9 Å². The van der Waals surface area contributed by atoms with Crippen molar-refractivity contribution in [1.82, 2.24) is 9.88 Å². The van der Waals surface area contributed by atoms with Gasteiger partial charge < -0.3 is 24.5 Å². The average Bonchev–Trinajstić information content (AvgIpc) is 3.68. The summed E-state index contributed by atoms with van der Waals surface area (Å²) in [6.07, 6.45) is 6.63. The average molecular weight is 574 g/mol. The zero-order valence-electron chi connectivity index (χ0n) is 23.6. The van der Waals surface area contributed by atoms with Crippen molar-refractivity contribution in [2.24, 2.45) is 4.99 Å². The molecule has 3 heterocycles. The Bertz CT molecular complexity index is 1550. The number of aliphatic hydroxyl groups excluding tert-OH is 1. The molecule has 0 spiro atoms. The number of thioether (sulfide) groups is 1. The largest absolute Gasteiger partial charge is 0.506 e. The molecule has 1 aromatic heterocycles. The fourth-order valence-electron chi connectivity index (χ4n) is 5.10. The minimum Gasteiger partial charge on any atom is -0.506 e. The maximum absolute atomic E-state index is 12.9. The van der Waals surface area contributed by atoms with E-state index < -0.39 is 5.97 Å². The number of ether oxygens (including phenoxy) is 2. The summed E-state index contributed by atoms with van der Waals surface area (Å²) in [7, 11) is 0. The van der Waals surface area contributed by atoms with E-state index in [1.807, 2.05) is 60.2 Å².